The molecule has 2 N–H and O–H groups in total. The number of para-hydroxylation sites is 4. The van der Waals surface area contributed by atoms with Gasteiger partial charge in [-0.15, -0.1) is 0 Å². The molecular weight excluding hydrogens is 480 g/mol. The third-order valence-electron chi connectivity index (χ3n) is 5.94. The van der Waals surface area contributed by atoms with Crippen molar-refractivity contribution in [1.29, 1.82) is 0 Å². The second-order valence-electron chi connectivity index (χ2n) is 9.55. The van der Waals surface area contributed by atoms with Crippen LogP contribution < -0.4 is 20.4 Å². The number of carbonyl (C=O) groups excluding carboxylic acids is 3. The Labute approximate surface area is 241 Å². The van der Waals surface area contributed by atoms with E-state index in [9.17, 15) is 14.4 Å². The van der Waals surface area contributed by atoms with Gasteiger partial charge in [-0.05, 0) is 36.4 Å². The molecule has 1 aliphatic heterocycles. The molecule has 184 valence electrons. The van der Waals surface area contributed by atoms with Crippen molar-refractivity contribution in [3.05, 3.63) is 84.9 Å². The molecule has 1 heterocycles. The number of nitrogens with one attached hydrogen (secondary N) is 2. The van der Waals surface area contributed by atoms with Crippen LogP contribution >= 0.6 is 0 Å². The number of rotatable bonds is 5. The Morgan fingerprint density at radius 3 is 2.03 bits per heavy atom. The predicted octanol–water partition coefficient (Wildman–Crippen LogP) is 4.06. The first-order valence-corrected chi connectivity index (χ1v) is 11.6. The number of fused-ring (bicyclic) bond motifs is 1. The van der Waals surface area contributed by atoms with Crippen LogP contribution in [0.1, 0.15) is 20.8 Å². The molecule has 0 aliphatic carbocycles. The Bertz CT molecular complexity index is 1210. The number of carbonyl (C=O) groups is 3. The summed E-state index contributed by atoms with van der Waals surface area (Å²) in [4.78, 5) is 43.2. The summed E-state index contributed by atoms with van der Waals surface area (Å²) in [6.07, 6.45) is 0. The molecule has 36 heavy (non-hydrogen) atoms. The summed E-state index contributed by atoms with van der Waals surface area (Å²) in [7, 11) is 0. The molecule has 0 saturated carbocycles. The fraction of sp³-hybridized carbons (Fsp3) is 0.250. The minimum atomic E-state index is -0.890. The van der Waals surface area contributed by atoms with Gasteiger partial charge in [-0.25, -0.2) is 4.79 Å². The van der Waals surface area contributed by atoms with Crippen LogP contribution in [0.3, 0.4) is 0 Å². The van der Waals surface area contributed by atoms with Gasteiger partial charge in [0, 0.05) is 16.8 Å². The summed E-state index contributed by atoms with van der Waals surface area (Å²) >= 11 is 0. The molecule has 0 saturated heterocycles. The average Bonchev–Trinajstić information content (AvgIpc) is 2.95. The summed E-state index contributed by atoms with van der Waals surface area (Å²) in [5.74, 6) is -0.405. The standard InChI is InChI=1S/C28H30N4O3.Ca.2H/c1-28(2,3)25(33)19-32-24-17-11-10-16-23(24)31(21-14-8-5-9-15-21)18-22(26(32)34)30-27(35)29-20-12-6-4-7-13-20;;;/h4-17,22H,18-19H2,1-3H3,(H2,29,30,35);;;. The molecule has 1 atom stereocenters. The summed E-state index contributed by atoms with van der Waals surface area (Å²) < 4.78 is 0. The Morgan fingerprint density at radius 1 is 0.861 bits per heavy atom. The van der Waals surface area contributed by atoms with Crippen molar-refractivity contribution in [2.45, 2.75) is 26.8 Å². The molecule has 0 bridgehead atoms. The number of hydrogen-bond donors (Lipinski definition) is 2. The third-order valence-corrected chi connectivity index (χ3v) is 5.94. The Hall–Kier alpha value is -2.87. The van der Waals surface area contributed by atoms with Gasteiger partial charge >= 0.3 is 43.8 Å². The van der Waals surface area contributed by atoms with E-state index < -0.39 is 17.5 Å². The van der Waals surface area contributed by atoms with Crippen molar-refractivity contribution in [1.82, 2.24) is 5.32 Å². The van der Waals surface area contributed by atoms with Crippen LogP contribution in [-0.4, -0.2) is 74.6 Å². The SMILES string of the molecule is CC(C)(C)C(=O)CN1C(=O)C(NC(=O)Nc2ccccc2)CN(c2ccccc2)c2ccccc21.[CaH2]. The Morgan fingerprint density at radius 2 is 1.42 bits per heavy atom. The van der Waals surface area contributed by atoms with Crippen molar-refractivity contribution >= 4 is 78.2 Å². The molecule has 0 radical (unpaired) electrons. The van der Waals surface area contributed by atoms with Gasteiger partial charge in [0.25, 0.3) is 5.91 Å². The molecule has 8 heteroatoms. The first-order valence-electron chi connectivity index (χ1n) is 11.6. The molecular formula is C28H32CaN4O3. The Kier molecular flexibility index (Phi) is 9.17. The quantitative estimate of drug-likeness (QED) is 0.505. The van der Waals surface area contributed by atoms with Gasteiger partial charge in [0.2, 0.25) is 0 Å². The van der Waals surface area contributed by atoms with Crippen LogP contribution in [0.15, 0.2) is 84.9 Å². The molecule has 0 aromatic heterocycles. The van der Waals surface area contributed by atoms with Crippen molar-refractivity contribution in [3.63, 3.8) is 0 Å². The average molecular weight is 513 g/mol. The van der Waals surface area contributed by atoms with Gasteiger partial charge in [-0.3, -0.25) is 9.59 Å². The number of amides is 3. The van der Waals surface area contributed by atoms with E-state index in [2.05, 4.69) is 10.6 Å². The topological polar surface area (TPSA) is 81.8 Å². The number of hydrogen-bond acceptors (Lipinski definition) is 4. The van der Waals surface area contributed by atoms with E-state index in [0.29, 0.717) is 11.4 Å². The molecule has 1 unspecified atom stereocenters. The van der Waals surface area contributed by atoms with Gasteiger partial charge in [-0.1, -0.05) is 69.3 Å². The first-order chi connectivity index (χ1) is 16.7. The number of urea groups is 1. The predicted molar refractivity (Wildman–Crippen MR) is 148 cm³/mol. The number of nitrogens with zero attached hydrogens (tertiary/aromatic N) is 2. The zero-order valence-corrected chi connectivity index (χ0v) is 20.2. The van der Waals surface area contributed by atoms with E-state index >= 15 is 0 Å². The molecule has 0 fully saturated rings. The molecule has 3 aromatic carbocycles. The van der Waals surface area contributed by atoms with E-state index in [1.165, 1.54) is 4.90 Å². The second kappa shape index (κ2) is 11.9. The van der Waals surface area contributed by atoms with Crippen molar-refractivity contribution in [2.24, 2.45) is 5.41 Å². The fourth-order valence-electron chi connectivity index (χ4n) is 3.94. The normalized spacial score (nSPS) is 15.3. The van der Waals surface area contributed by atoms with E-state index in [4.69, 9.17) is 0 Å². The maximum absolute atomic E-state index is 13.8. The van der Waals surface area contributed by atoms with Crippen LogP contribution in [0.2, 0.25) is 0 Å². The van der Waals surface area contributed by atoms with E-state index in [-0.39, 0.29) is 62.5 Å². The van der Waals surface area contributed by atoms with Gasteiger partial charge in [0.05, 0.1) is 24.5 Å². The monoisotopic (exact) mass is 512 g/mol. The summed E-state index contributed by atoms with van der Waals surface area (Å²) in [5, 5.41) is 5.62. The van der Waals surface area contributed by atoms with Gasteiger partial charge in [0.1, 0.15) is 6.04 Å². The number of anilines is 4. The van der Waals surface area contributed by atoms with E-state index in [1.807, 2.05) is 98.5 Å². The van der Waals surface area contributed by atoms with E-state index in [0.717, 1.165) is 11.4 Å². The zero-order chi connectivity index (χ0) is 25.0. The molecule has 7 nitrogen and oxygen atoms in total. The zero-order valence-electron chi connectivity index (χ0n) is 20.2. The van der Waals surface area contributed by atoms with Crippen LogP contribution in [0.5, 0.6) is 0 Å². The summed E-state index contributed by atoms with van der Waals surface area (Å²) in [6.45, 7) is 5.64. The molecule has 3 aromatic rings. The van der Waals surface area contributed by atoms with Crippen molar-refractivity contribution in [2.75, 3.05) is 28.2 Å². The molecule has 4 rings (SSSR count). The van der Waals surface area contributed by atoms with Gasteiger partial charge in [0.15, 0.2) is 5.78 Å². The van der Waals surface area contributed by atoms with Gasteiger partial charge in [-0.2, -0.15) is 0 Å². The van der Waals surface area contributed by atoms with Crippen LogP contribution in [0.25, 0.3) is 0 Å². The van der Waals surface area contributed by atoms with Crippen LogP contribution in [0, 0.1) is 5.41 Å². The fourth-order valence-corrected chi connectivity index (χ4v) is 3.94. The summed E-state index contributed by atoms with van der Waals surface area (Å²) in [6, 6.07) is 24.9. The third kappa shape index (κ3) is 6.46. The van der Waals surface area contributed by atoms with E-state index in [1.54, 1.807) is 12.1 Å². The first kappa shape index (κ1) is 27.7. The number of benzene rings is 3. The van der Waals surface area contributed by atoms with Crippen molar-refractivity contribution < 1.29 is 14.4 Å². The van der Waals surface area contributed by atoms with Crippen LogP contribution in [0.4, 0.5) is 27.5 Å². The summed E-state index contributed by atoms with van der Waals surface area (Å²) in [5.41, 5.74) is 2.31. The van der Waals surface area contributed by atoms with Crippen LogP contribution in [-0.2, 0) is 9.59 Å². The maximum atomic E-state index is 13.8. The molecule has 3 amide bonds. The number of Topliss-reactive ketones (excluding diaryl/α,β-unsaturated/α-hetero) is 1. The van der Waals surface area contributed by atoms with Crippen molar-refractivity contribution in [3.8, 4) is 0 Å². The molecule has 1 aliphatic rings. The number of ketones is 1. The second-order valence-corrected chi connectivity index (χ2v) is 9.55. The van der Waals surface area contributed by atoms with Gasteiger partial charge < -0.3 is 20.4 Å². The minimum absolute atomic E-state index is 0. The molecule has 0 spiro atoms. The Balaban J connectivity index is 0.00000361.